The van der Waals surface area contributed by atoms with E-state index in [0.29, 0.717) is 0 Å². The number of rotatable bonds is 7. The van der Waals surface area contributed by atoms with Crippen molar-refractivity contribution in [2.24, 2.45) is 5.73 Å². The summed E-state index contributed by atoms with van der Waals surface area (Å²) >= 11 is 0. The zero-order valence-corrected chi connectivity index (χ0v) is 14.1. The highest BCUT2D eigenvalue weighted by atomic mass is 16.7. The lowest BCUT2D eigenvalue weighted by Crippen LogP contribution is -2.62. The van der Waals surface area contributed by atoms with Crippen LogP contribution < -0.4 is 5.73 Å². The second-order valence-corrected chi connectivity index (χ2v) is 6.33. The Hall–Kier alpha value is -0.970. The van der Waals surface area contributed by atoms with Gasteiger partial charge in [-0.2, -0.15) is 0 Å². The van der Waals surface area contributed by atoms with E-state index in [1.54, 1.807) is 0 Å². The Morgan fingerprint density at radius 2 is 1.67 bits per heavy atom. The fourth-order valence-electron chi connectivity index (χ4n) is 2.66. The lowest BCUT2D eigenvalue weighted by molar-refractivity contribution is -0.343. The van der Waals surface area contributed by atoms with Gasteiger partial charge in [0.25, 0.3) is 0 Å². The van der Waals surface area contributed by atoms with Crippen LogP contribution >= 0.6 is 0 Å². The van der Waals surface area contributed by atoms with Crippen LogP contribution in [0.3, 0.4) is 0 Å². The number of hydrogen-bond acceptors (Lipinski definition) is 12. The van der Waals surface area contributed by atoms with Crippen molar-refractivity contribution in [1.29, 1.82) is 0 Å². The minimum Gasteiger partial charge on any atom is -0.480 e. The molecule has 2 saturated heterocycles. The van der Waals surface area contributed by atoms with Gasteiger partial charge in [-0.15, -0.1) is 0 Å². The third kappa shape index (κ3) is 5.10. The molecule has 13 heteroatoms. The Morgan fingerprint density at radius 3 is 2.26 bits per heavy atom. The molecule has 2 aliphatic rings. The number of carboxylic acid groups (broad SMARTS) is 1. The second kappa shape index (κ2) is 9.49. The number of aliphatic carboxylic acids is 1. The molecule has 13 nitrogen and oxygen atoms in total. The minimum absolute atomic E-state index is 0.333. The molecule has 27 heavy (non-hydrogen) atoms. The van der Waals surface area contributed by atoms with Crippen molar-refractivity contribution in [2.45, 2.75) is 61.3 Å². The maximum Gasteiger partial charge on any atom is 0.322 e. The largest absolute Gasteiger partial charge is 0.480 e. The van der Waals surface area contributed by atoms with Gasteiger partial charge in [0.15, 0.2) is 12.6 Å². The molecule has 0 aromatic carbocycles. The highest BCUT2D eigenvalue weighted by Gasteiger charge is 2.47. The summed E-state index contributed by atoms with van der Waals surface area (Å²) in [6.45, 7) is -1.46. The van der Waals surface area contributed by atoms with E-state index in [1.807, 2.05) is 0 Å². The van der Waals surface area contributed by atoms with Gasteiger partial charge in [-0.1, -0.05) is 0 Å². The molecule has 2 fully saturated rings. The predicted octanol–water partition coefficient (Wildman–Crippen LogP) is -5.32. The number of carbonyl (C=O) groups is 1. The van der Waals surface area contributed by atoms with Crippen LogP contribution in [0.25, 0.3) is 0 Å². The number of hydrogen-bond donors (Lipinski definition) is 8. The summed E-state index contributed by atoms with van der Waals surface area (Å²) in [5, 5.41) is 67.4. The van der Waals surface area contributed by atoms with Crippen molar-refractivity contribution in [3.63, 3.8) is 0 Å². The van der Waals surface area contributed by atoms with Gasteiger partial charge in [0.05, 0.1) is 19.8 Å². The summed E-state index contributed by atoms with van der Waals surface area (Å²) in [6.07, 6.45) is -13.4. The van der Waals surface area contributed by atoms with E-state index in [0.717, 1.165) is 0 Å². The summed E-state index contributed by atoms with van der Waals surface area (Å²) in [5.41, 5.74) is 5.27. The first-order valence-corrected chi connectivity index (χ1v) is 8.21. The van der Waals surface area contributed by atoms with Crippen LogP contribution in [-0.4, -0.2) is 123 Å². The van der Waals surface area contributed by atoms with E-state index >= 15 is 0 Å². The van der Waals surface area contributed by atoms with Crippen LogP contribution in [0, 0.1) is 0 Å². The summed E-state index contributed by atoms with van der Waals surface area (Å²) in [7, 11) is 0. The summed E-state index contributed by atoms with van der Waals surface area (Å²) in [4.78, 5) is 10.7. The quantitative estimate of drug-likeness (QED) is 0.200. The van der Waals surface area contributed by atoms with Gasteiger partial charge in [0.2, 0.25) is 0 Å². The molecule has 0 bridgehead atoms. The molecule has 0 spiro atoms. The number of ether oxygens (including phenoxy) is 4. The van der Waals surface area contributed by atoms with Gasteiger partial charge >= 0.3 is 5.97 Å². The van der Waals surface area contributed by atoms with E-state index < -0.39 is 80.5 Å². The number of carboxylic acids is 1. The number of nitrogens with two attached hydrogens (primary N) is 1. The van der Waals surface area contributed by atoms with E-state index in [-0.39, 0.29) is 6.61 Å². The second-order valence-electron chi connectivity index (χ2n) is 6.33. The molecule has 0 saturated carbocycles. The Bertz CT molecular complexity index is 493. The van der Waals surface area contributed by atoms with Crippen molar-refractivity contribution in [1.82, 2.24) is 0 Å². The molecule has 10 atom stereocenters. The third-order valence-electron chi connectivity index (χ3n) is 4.35. The normalized spacial score (nSPS) is 44.0. The first-order valence-electron chi connectivity index (χ1n) is 8.21. The molecule has 0 radical (unpaired) electrons. The molecule has 9 N–H and O–H groups in total. The van der Waals surface area contributed by atoms with Crippen LogP contribution in [0.4, 0.5) is 0 Å². The fraction of sp³-hybridized carbons (Fsp3) is 0.929. The SMILES string of the molecule is N[C@@H](CO[C@@H]1OCC(O[C@@H]2O[C@H](CO)[C@H](O)[C@H](O)[C@H]2O)[C@H](O)[C@H]1O)C(=O)O. The molecular formula is C14H25NO12. The molecule has 0 aliphatic carbocycles. The summed E-state index contributed by atoms with van der Waals surface area (Å²) in [6, 6.07) is -1.35. The van der Waals surface area contributed by atoms with Gasteiger partial charge in [-0.05, 0) is 0 Å². The smallest absolute Gasteiger partial charge is 0.322 e. The Balaban J connectivity index is 1.92. The van der Waals surface area contributed by atoms with Crippen LogP contribution in [0.5, 0.6) is 0 Å². The predicted molar refractivity (Wildman–Crippen MR) is 82.0 cm³/mol. The molecule has 0 aromatic rings. The van der Waals surface area contributed by atoms with E-state index in [1.165, 1.54) is 0 Å². The minimum atomic E-state index is -1.69. The van der Waals surface area contributed by atoms with Crippen molar-refractivity contribution < 1.29 is 59.5 Å². The van der Waals surface area contributed by atoms with Crippen molar-refractivity contribution >= 4 is 5.97 Å². The highest BCUT2D eigenvalue weighted by Crippen LogP contribution is 2.26. The van der Waals surface area contributed by atoms with Crippen molar-refractivity contribution in [2.75, 3.05) is 19.8 Å². The fourth-order valence-corrected chi connectivity index (χ4v) is 2.66. The third-order valence-corrected chi connectivity index (χ3v) is 4.35. The molecule has 1 unspecified atom stereocenters. The van der Waals surface area contributed by atoms with Crippen molar-refractivity contribution in [3.8, 4) is 0 Å². The molecule has 2 aliphatic heterocycles. The van der Waals surface area contributed by atoms with Gasteiger partial charge in [-0.3, -0.25) is 4.79 Å². The molecule has 2 rings (SSSR count). The van der Waals surface area contributed by atoms with Crippen LogP contribution in [0.2, 0.25) is 0 Å². The maximum atomic E-state index is 10.7. The van der Waals surface area contributed by atoms with Crippen LogP contribution in [0.15, 0.2) is 0 Å². The van der Waals surface area contributed by atoms with Crippen LogP contribution in [-0.2, 0) is 23.7 Å². The zero-order valence-electron chi connectivity index (χ0n) is 14.1. The lowest BCUT2D eigenvalue weighted by atomic mass is 9.99. The Kier molecular flexibility index (Phi) is 7.84. The maximum absolute atomic E-state index is 10.7. The summed E-state index contributed by atoms with van der Waals surface area (Å²) < 4.78 is 20.7. The number of aliphatic hydroxyl groups is 6. The van der Waals surface area contributed by atoms with Gasteiger partial charge in [0.1, 0.15) is 48.8 Å². The van der Waals surface area contributed by atoms with E-state index in [2.05, 4.69) is 0 Å². The molecule has 158 valence electrons. The molecular weight excluding hydrogens is 374 g/mol. The molecule has 0 amide bonds. The first-order chi connectivity index (χ1) is 12.7. The van der Waals surface area contributed by atoms with E-state index in [9.17, 15) is 30.3 Å². The average molecular weight is 399 g/mol. The summed E-state index contributed by atoms with van der Waals surface area (Å²) in [5.74, 6) is -1.32. The van der Waals surface area contributed by atoms with Gasteiger partial charge in [0, 0.05) is 0 Å². The number of aliphatic hydroxyl groups excluding tert-OH is 6. The van der Waals surface area contributed by atoms with Crippen molar-refractivity contribution in [3.05, 3.63) is 0 Å². The monoisotopic (exact) mass is 399 g/mol. The highest BCUT2D eigenvalue weighted by molar-refractivity contribution is 5.73. The van der Waals surface area contributed by atoms with Crippen LogP contribution in [0.1, 0.15) is 0 Å². The molecule has 2 heterocycles. The molecule has 0 aromatic heterocycles. The Morgan fingerprint density at radius 1 is 1.04 bits per heavy atom. The lowest BCUT2D eigenvalue weighted by Gasteiger charge is -2.43. The Labute approximate surface area is 153 Å². The van der Waals surface area contributed by atoms with Gasteiger partial charge < -0.3 is 60.4 Å². The first kappa shape index (κ1) is 22.3. The average Bonchev–Trinajstić information content (AvgIpc) is 2.64. The van der Waals surface area contributed by atoms with Gasteiger partial charge in [-0.25, -0.2) is 0 Å². The standard InChI is InChI=1S/C14H25NO12/c15-4(12(22)23)2-24-13-10(20)8(18)6(3-25-13)27-14-11(21)9(19)7(17)5(1-16)26-14/h4-11,13-14,16-21H,1-3,15H2,(H,22,23)/t4-,5+,6?,7-,8-,9-,10+,11+,13+,14-/m0/s1. The topological polar surface area (TPSA) is 222 Å². The van der Waals surface area contributed by atoms with E-state index in [4.69, 9.17) is 34.9 Å². The zero-order chi connectivity index (χ0) is 20.3.